The summed E-state index contributed by atoms with van der Waals surface area (Å²) < 4.78 is 0. The summed E-state index contributed by atoms with van der Waals surface area (Å²) in [6.07, 6.45) is 2.36. The van der Waals surface area contributed by atoms with Crippen molar-refractivity contribution >= 4 is 29.0 Å². The second kappa shape index (κ2) is 8.45. The highest BCUT2D eigenvalue weighted by Crippen LogP contribution is 2.16. The number of benzene rings is 1. The Morgan fingerprint density at radius 1 is 1.26 bits per heavy atom. The second-order valence-electron chi connectivity index (χ2n) is 5.34. The molecule has 7 heteroatoms. The minimum atomic E-state index is -0.300. The van der Waals surface area contributed by atoms with Crippen molar-refractivity contribution in [1.29, 1.82) is 0 Å². The molecule has 2 rings (SSSR count). The van der Waals surface area contributed by atoms with Gasteiger partial charge in [0.1, 0.15) is 17.8 Å². The minimum absolute atomic E-state index is 0.300. The minimum Gasteiger partial charge on any atom is -0.370 e. The molecule has 1 aromatic carbocycles. The van der Waals surface area contributed by atoms with Gasteiger partial charge in [-0.3, -0.25) is 4.79 Å². The van der Waals surface area contributed by atoms with E-state index in [-0.39, 0.29) is 5.91 Å². The fraction of sp³-hybridized carbons (Fsp3) is 0.312. The van der Waals surface area contributed by atoms with Crippen LogP contribution in [0.5, 0.6) is 0 Å². The first-order valence-corrected chi connectivity index (χ1v) is 7.70. The van der Waals surface area contributed by atoms with Crippen LogP contribution in [0.1, 0.15) is 16.9 Å². The molecule has 0 radical (unpaired) electrons. The van der Waals surface area contributed by atoms with Crippen LogP contribution < -0.4 is 10.6 Å². The number of nitrogens with zero attached hydrogens (tertiary/aromatic N) is 3. The van der Waals surface area contributed by atoms with Gasteiger partial charge in [0.05, 0.1) is 0 Å². The summed E-state index contributed by atoms with van der Waals surface area (Å²) in [4.78, 5) is 22.5. The lowest BCUT2D eigenvalue weighted by molar-refractivity contribution is 0.102. The molecule has 2 aromatic rings. The van der Waals surface area contributed by atoms with Crippen molar-refractivity contribution in [3.05, 3.63) is 47.4 Å². The first-order valence-electron chi connectivity index (χ1n) is 7.32. The van der Waals surface area contributed by atoms with E-state index in [0.717, 1.165) is 19.5 Å². The molecule has 0 atom stereocenters. The van der Waals surface area contributed by atoms with Gasteiger partial charge in [0, 0.05) is 23.3 Å². The van der Waals surface area contributed by atoms with E-state index in [1.165, 1.54) is 6.33 Å². The highest BCUT2D eigenvalue weighted by Gasteiger charge is 2.09. The number of hydrogen-bond donors (Lipinski definition) is 2. The maximum atomic E-state index is 12.2. The number of aromatic nitrogens is 2. The number of nitrogens with one attached hydrogen (secondary N) is 2. The number of halogens is 1. The van der Waals surface area contributed by atoms with Gasteiger partial charge in [0.25, 0.3) is 5.91 Å². The standard InChI is InChI=1S/C16H20ClN5O/c1-22(2)8-4-7-18-15-10-14(19-11-20-15)16(23)21-13-6-3-5-12(17)9-13/h3,5-6,9-11H,4,7-8H2,1-2H3,(H,21,23)(H,18,19,20). The molecule has 0 saturated heterocycles. The molecule has 0 aliphatic carbocycles. The van der Waals surface area contributed by atoms with Gasteiger partial charge in [0.2, 0.25) is 0 Å². The molecule has 0 unspecified atom stereocenters. The van der Waals surface area contributed by atoms with Gasteiger partial charge in [-0.25, -0.2) is 9.97 Å². The molecule has 23 heavy (non-hydrogen) atoms. The van der Waals surface area contributed by atoms with Crippen molar-refractivity contribution in [3.63, 3.8) is 0 Å². The third-order valence-electron chi connectivity index (χ3n) is 3.07. The van der Waals surface area contributed by atoms with Crippen LogP contribution in [0.15, 0.2) is 36.7 Å². The first kappa shape index (κ1) is 17.2. The van der Waals surface area contributed by atoms with Crippen LogP contribution in [0.2, 0.25) is 5.02 Å². The molecule has 0 fully saturated rings. The lowest BCUT2D eigenvalue weighted by Gasteiger charge is -2.10. The van der Waals surface area contributed by atoms with E-state index < -0.39 is 0 Å². The fourth-order valence-electron chi connectivity index (χ4n) is 1.95. The summed E-state index contributed by atoms with van der Waals surface area (Å²) in [6.45, 7) is 1.77. The molecular formula is C16H20ClN5O. The van der Waals surface area contributed by atoms with E-state index in [0.29, 0.717) is 22.2 Å². The number of anilines is 2. The van der Waals surface area contributed by atoms with E-state index in [4.69, 9.17) is 11.6 Å². The fourth-order valence-corrected chi connectivity index (χ4v) is 2.14. The Morgan fingerprint density at radius 2 is 2.09 bits per heavy atom. The topological polar surface area (TPSA) is 70.2 Å². The Bertz CT molecular complexity index is 662. The zero-order valence-electron chi connectivity index (χ0n) is 13.2. The highest BCUT2D eigenvalue weighted by atomic mass is 35.5. The average Bonchev–Trinajstić information content (AvgIpc) is 2.52. The Kier molecular flexibility index (Phi) is 6.31. The Hall–Kier alpha value is -2.18. The predicted octanol–water partition coefficient (Wildman–Crippen LogP) is 2.75. The maximum Gasteiger partial charge on any atom is 0.274 e. The molecule has 6 nitrogen and oxygen atoms in total. The number of hydrogen-bond acceptors (Lipinski definition) is 5. The lowest BCUT2D eigenvalue weighted by atomic mass is 10.3. The maximum absolute atomic E-state index is 12.2. The van der Waals surface area contributed by atoms with E-state index in [2.05, 4.69) is 25.5 Å². The number of carbonyl (C=O) groups excluding carboxylic acids is 1. The van der Waals surface area contributed by atoms with Gasteiger partial charge in [-0.05, 0) is 45.3 Å². The van der Waals surface area contributed by atoms with Crippen LogP contribution in [0, 0.1) is 0 Å². The van der Waals surface area contributed by atoms with Crippen molar-refractivity contribution in [2.45, 2.75) is 6.42 Å². The monoisotopic (exact) mass is 333 g/mol. The number of carbonyl (C=O) groups is 1. The zero-order chi connectivity index (χ0) is 16.7. The molecule has 1 aromatic heterocycles. The summed E-state index contributed by atoms with van der Waals surface area (Å²) in [5.74, 6) is 0.334. The molecule has 0 bridgehead atoms. The van der Waals surface area contributed by atoms with Gasteiger partial charge in [0.15, 0.2) is 0 Å². The van der Waals surface area contributed by atoms with E-state index in [1.807, 2.05) is 14.1 Å². The van der Waals surface area contributed by atoms with Crippen LogP contribution in [-0.4, -0.2) is 48.0 Å². The number of amides is 1. The van der Waals surface area contributed by atoms with Crippen molar-refractivity contribution in [1.82, 2.24) is 14.9 Å². The smallest absolute Gasteiger partial charge is 0.274 e. The summed E-state index contributed by atoms with van der Waals surface area (Å²) in [6, 6.07) is 8.61. The van der Waals surface area contributed by atoms with E-state index in [9.17, 15) is 4.79 Å². The van der Waals surface area contributed by atoms with Crippen LogP contribution in [0.4, 0.5) is 11.5 Å². The molecule has 0 aliphatic heterocycles. The SMILES string of the molecule is CN(C)CCCNc1cc(C(=O)Nc2cccc(Cl)c2)ncn1. The molecule has 122 valence electrons. The average molecular weight is 334 g/mol. The molecular weight excluding hydrogens is 314 g/mol. The molecule has 0 spiro atoms. The van der Waals surface area contributed by atoms with Gasteiger partial charge in [-0.2, -0.15) is 0 Å². The zero-order valence-corrected chi connectivity index (χ0v) is 14.0. The summed E-state index contributed by atoms with van der Waals surface area (Å²) >= 11 is 5.90. The van der Waals surface area contributed by atoms with Crippen LogP contribution in [0.3, 0.4) is 0 Å². The summed E-state index contributed by atoms with van der Waals surface area (Å²) in [7, 11) is 4.06. The van der Waals surface area contributed by atoms with Gasteiger partial charge in [-0.1, -0.05) is 17.7 Å². The Morgan fingerprint density at radius 3 is 2.83 bits per heavy atom. The largest absolute Gasteiger partial charge is 0.370 e. The number of rotatable bonds is 7. The Labute approximate surface area is 140 Å². The second-order valence-corrected chi connectivity index (χ2v) is 5.77. The summed E-state index contributed by atoms with van der Waals surface area (Å²) in [5.41, 5.74) is 0.927. The lowest BCUT2D eigenvalue weighted by Crippen LogP contribution is -2.17. The molecule has 2 N–H and O–H groups in total. The van der Waals surface area contributed by atoms with Gasteiger partial charge in [-0.15, -0.1) is 0 Å². The predicted molar refractivity (Wildman–Crippen MR) is 93.1 cm³/mol. The van der Waals surface area contributed by atoms with E-state index in [1.54, 1.807) is 30.3 Å². The molecule has 0 aliphatic rings. The van der Waals surface area contributed by atoms with Crippen LogP contribution in [0.25, 0.3) is 0 Å². The normalized spacial score (nSPS) is 10.6. The quantitative estimate of drug-likeness (QED) is 0.762. The van der Waals surface area contributed by atoms with Gasteiger partial charge >= 0.3 is 0 Å². The highest BCUT2D eigenvalue weighted by molar-refractivity contribution is 6.30. The van der Waals surface area contributed by atoms with Crippen molar-refractivity contribution in [2.24, 2.45) is 0 Å². The first-order chi connectivity index (χ1) is 11.0. The van der Waals surface area contributed by atoms with Crippen molar-refractivity contribution < 1.29 is 4.79 Å². The molecule has 1 heterocycles. The van der Waals surface area contributed by atoms with Crippen molar-refractivity contribution in [2.75, 3.05) is 37.8 Å². The van der Waals surface area contributed by atoms with Crippen LogP contribution in [-0.2, 0) is 0 Å². The Balaban J connectivity index is 1.94. The van der Waals surface area contributed by atoms with E-state index >= 15 is 0 Å². The third-order valence-corrected chi connectivity index (χ3v) is 3.31. The van der Waals surface area contributed by atoms with Crippen LogP contribution >= 0.6 is 11.6 Å². The summed E-state index contributed by atoms with van der Waals surface area (Å²) in [5, 5.41) is 6.51. The van der Waals surface area contributed by atoms with Crippen molar-refractivity contribution in [3.8, 4) is 0 Å². The molecule has 0 saturated carbocycles. The third kappa shape index (κ3) is 5.84. The van der Waals surface area contributed by atoms with Gasteiger partial charge < -0.3 is 15.5 Å². The molecule has 1 amide bonds.